The Kier molecular flexibility index (Phi) is 39.5. The van der Waals surface area contributed by atoms with Crippen LogP contribution in [0.1, 0.15) is 245 Å². The number of unbranched alkanes of at least 4 members (excludes halogenated alkanes) is 32. The molecule has 0 atom stereocenters. The third-order valence-electron chi connectivity index (χ3n) is 9.40. The lowest BCUT2D eigenvalue weighted by Gasteiger charge is -2.05. The van der Waals surface area contributed by atoms with Crippen molar-refractivity contribution in [1.82, 2.24) is 0 Å². The molecule has 0 saturated heterocycles. The highest BCUT2D eigenvalue weighted by Gasteiger charge is 2.02. The molecule has 44 heavy (non-hydrogen) atoms. The van der Waals surface area contributed by atoms with E-state index < -0.39 is 0 Å². The Balaban J connectivity index is 3.18. The van der Waals surface area contributed by atoms with Gasteiger partial charge in [0.2, 0.25) is 0 Å². The summed E-state index contributed by atoms with van der Waals surface area (Å²) in [4.78, 5) is 11.9. The third-order valence-corrected chi connectivity index (χ3v) is 9.40. The van der Waals surface area contributed by atoms with Gasteiger partial charge in [0, 0.05) is 6.42 Å². The fourth-order valence-corrected chi connectivity index (χ4v) is 6.31. The predicted molar refractivity (Wildman–Crippen MR) is 198 cm³/mol. The quantitative estimate of drug-likeness (QED) is 0.0391. The molecule has 0 N–H and O–H groups in total. The summed E-state index contributed by atoms with van der Waals surface area (Å²) in [6.45, 7) is 5.21. The zero-order chi connectivity index (χ0) is 31.9. The molecule has 0 spiro atoms. The predicted octanol–water partition coefficient (Wildman–Crippen LogP) is 15.2. The number of hydrogen-bond donors (Lipinski definition) is 0. The second-order valence-corrected chi connectivity index (χ2v) is 14.0. The monoisotopic (exact) mass is 619 g/mol. The minimum absolute atomic E-state index is 0.0206. The maximum Gasteiger partial charge on any atom is 0.305 e. The van der Waals surface area contributed by atoms with Crippen molar-refractivity contribution in [2.45, 2.75) is 245 Å². The number of hydrogen-bond acceptors (Lipinski definition) is 2. The summed E-state index contributed by atoms with van der Waals surface area (Å²) in [5.74, 6) is 0.0206. The second kappa shape index (κ2) is 40.2. The van der Waals surface area contributed by atoms with E-state index in [1.54, 1.807) is 0 Å². The summed E-state index contributed by atoms with van der Waals surface area (Å²) < 4.78 is 5.44. The molecule has 0 amide bonds. The van der Waals surface area contributed by atoms with Crippen LogP contribution in [0.2, 0.25) is 0 Å². The molecule has 0 aromatic rings. The van der Waals surface area contributed by atoms with Crippen LogP contribution in [-0.4, -0.2) is 12.6 Å². The van der Waals surface area contributed by atoms with E-state index in [9.17, 15) is 4.79 Å². The average Bonchev–Trinajstić information content (AvgIpc) is 3.03. The lowest BCUT2D eigenvalue weighted by Crippen LogP contribution is -2.05. The first-order chi connectivity index (χ1) is 21.8. The average molecular weight is 619 g/mol. The fourth-order valence-electron chi connectivity index (χ4n) is 6.31. The molecule has 0 saturated carbocycles. The van der Waals surface area contributed by atoms with Gasteiger partial charge in [0.15, 0.2) is 0 Å². The van der Waals surface area contributed by atoms with Gasteiger partial charge < -0.3 is 4.74 Å². The van der Waals surface area contributed by atoms with Crippen molar-refractivity contribution in [3.05, 3.63) is 12.2 Å². The van der Waals surface area contributed by atoms with E-state index in [-0.39, 0.29) is 5.97 Å². The third kappa shape index (κ3) is 39.2. The molecular formula is C42H82O2. The molecule has 0 aliphatic rings. The number of allylic oxidation sites excluding steroid dienone is 2. The van der Waals surface area contributed by atoms with E-state index in [1.165, 1.54) is 212 Å². The van der Waals surface area contributed by atoms with Gasteiger partial charge >= 0.3 is 5.97 Å². The first-order valence-corrected chi connectivity index (χ1v) is 20.6. The van der Waals surface area contributed by atoms with Crippen LogP contribution in [0, 0.1) is 0 Å². The number of carbonyl (C=O) groups is 1. The van der Waals surface area contributed by atoms with Crippen molar-refractivity contribution in [1.29, 1.82) is 0 Å². The second-order valence-electron chi connectivity index (χ2n) is 14.0. The van der Waals surface area contributed by atoms with E-state index in [0.29, 0.717) is 13.0 Å². The van der Waals surface area contributed by atoms with Crippen molar-refractivity contribution in [2.75, 3.05) is 6.61 Å². The van der Waals surface area contributed by atoms with Gasteiger partial charge in [-0.2, -0.15) is 0 Å². The Morgan fingerprint density at radius 2 is 0.636 bits per heavy atom. The summed E-state index contributed by atoms with van der Waals surface area (Å²) in [7, 11) is 0. The molecule has 0 aromatic heterocycles. The highest BCUT2D eigenvalue weighted by molar-refractivity contribution is 5.69. The number of ether oxygens (including phenoxy) is 1. The van der Waals surface area contributed by atoms with Crippen LogP contribution < -0.4 is 0 Å². The van der Waals surface area contributed by atoms with Crippen molar-refractivity contribution in [3.8, 4) is 0 Å². The van der Waals surface area contributed by atoms with Crippen molar-refractivity contribution in [3.63, 3.8) is 0 Å². The van der Waals surface area contributed by atoms with Crippen molar-refractivity contribution < 1.29 is 9.53 Å². The topological polar surface area (TPSA) is 26.3 Å². The first-order valence-electron chi connectivity index (χ1n) is 20.6. The lowest BCUT2D eigenvalue weighted by atomic mass is 10.0. The maximum atomic E-state index is 11.9. The van der Waals surface area contributed by atoms with Crippen LogP contribution in [-0.2, 0) is 9.53 Å². The largest absolute Gasteiger partial charge is 0.466 e. The van der Waals surface area contributed by atoms with Gasteiger partial charge in [-0.05, 0) is 38.5 Å². The molecular weight excluding hydrogens is 536 g/mol. The van der Waals surface area contributed by atoms with Crippen molar-refractivity contribution >= 4 is 5.97 Å². The minimum atomic E-state index is 0.0206. The zero-order valence-electron chi connectivity index (χ0n) is 30.6. The highest BCUT2D eigenvalue weighted by atomic mass is 16.5. The molecule has 0 fully saturated rings. The molecule has 2 heteroatoms. The number of carbonyl (C=O) groups excluding carboxylic acids is 1. The van der Waals surface area contributed by atoms with E-state index in [4.69, 9.17) is 4.74 Å². The summed E-state index contributed by atoms with van der Waals surface area (Å²) >= 11 is 0. The van der Waals surface area contributed by atoms with Crippen LogP contribution >= 0.6 is 0 Å². The molecule has 0 heterocycles. The zero-order valence-corrected chi connectivity index (χ0v) is 30.6. The van der Waals surface area contributed by atoms with Gasteiger partial charge in [0.05, 0.1) is 6.61 Å². The van der Waals surface area contributed by atoms with Gasteiger partial charge in [-0.15, -0.1) is 0 Å². The fraction of sp³-hybridized carbons (Fsp3) is 0.929. The standard InChI is InChI=1S/C42H82O2/c1-3-5-7-9-11-13-15-17-18-19-20-21-22-23-24-25-26-27-28-29-30-32-34-36-38-40-42(43)44-41-39-37-35-33-31-16-14-12-10-8-6-4-2/h26-27H,3-25,28-41H2,1-2H3/b27-26-. The Morgan fingerprint density at radius 1 is 0.364 bits per heavy atom. The summed E-state index contributed by atoms with van der Waals surface area (Å²) in [5.41, 5.74) is 0. The first kappa shape index (κ1) is 43.2. The molecule has 0 unspecified atom stereocenters. The summed E-state index contributed by atoms with van der Waals surface area (Å²) in [6, 6.07) is 0. The van der Waals surface area contributed by atoms with Crippen LogP contribution in [0.15, 0.2) is 12.2 Å². The maximum absolute atomic E-state index is 11.9. The molecule has 2 nitrogen and oxygen atoms in total. The van der Waals surface area contributed by atoms with Crippen LogP contribution in [0.5, 0.6) is 0 Å². The Labute approximate surface area is 278 Å². The van der Waals surface area contributed by atoms with Crippen molar-refractivity contribution in [2.24, 2.45) is 0 Å². The molecule has 0 bridgehead atoms. The molecule has 0 rings (SSSR count). The number of esters is 1. The van der Waals surface area contributed by atoms with Gasteiger partial charge in [-0.3, -0.25) is 4.79 Å². The van der Waals surface area contributed by atoms with E-state index >= 15 is 0 Å². The Hall–Kier alpha value is -0.790. The Morgan fingerprint density at radius 3 is 0.977 bits per heavy atom. The smallest absolute Gasteiger partial charge is 0.305 e. The van der Waals surface area contributed by atoms with Crippen LogP contribution in [0.3, 0.4) is 0 Å². The molecule has 262 valence electrons. The van der Waals surface area contributed by atoms with E-state index in [2.05, 4.69) is 26.0 Å². The lowest BCUT2D eigenvalue weighted by molar-refractivity contribution is -0.143. The van der Waals surface area contributed by atoms with E-state index in [1.807, 2.05) is 0 Å². The number of rotatable bonds is 38. The van der Waals surface area contributed by atoms with Gasteiger partial charge in [-0.25, -0.2) is 0 Å². The van der Waals surface area contributed by atoms with E-state index in [0.717, 1.165) is 12.8 Å². The molecule has 0 aromatic carbocycles. The van der Waals surface area contributed by atoms with Gasteiger partial charge in [0.25, 0.3) is 0 Å². The highest BCUT2D eigenvalue weighted by Crippen LogP contribution is 2.15. The molecule has 0 aliphatic carbocycles. The SMILES string of the molecule is CCCCCCCCCCCCCCCCC/C=C\CCCCCCCCC(=O)OCCCCCCCCCCCCCC. The Bertz CT molecular complexity index is 554. The summed E-state index contributed by atoms with van der Waals surface area (Å²) in [6.07, 6.45) is 53.0. The molecule has 0 aliphatic heterocycles. The van der Waals surface area contributed by atoms with Crippen LogP contribution in [0.25, 0.3) is 0 Å². The van der Waals surface area contributed by atoms with Gasteiger partial charge in [0.1, 0.15) is 0 Å². The van der Waals surface area contributed by atoms with Gasteiger partial charge in [-0.1, -0.05) is 212 Å². The van der Waals surface area contributed by atoms with Crippen LogP contribution in [0.4, 0.5) is 0 Å². The normalized spacial score (nSPS) is 11.6. The minimum Gasteiger partial charge on any atom is -0.466 e. The summed E-state index contributed by atoms with van der Waals surface area (Å²) in [5, 5.41) is 0. The molecule has 0 radical (unpaired) electrons.